The van der Waals surface area contributed by atoms with Gasteiger partial charge in [0.25, 0.3) is 0 Å². The summed E-state index contributed by atoms with van der Waals surface area (Å²) in [5.74, 6) is 0.582. The Balaban J connectivity index is 0.00000320. The molecule has 1 aliphatic heterocycles. The molecular formula is C22H30ClFIN5. The van der Waals surface area contributed by atoms with E-state index in [2.05, 4.69) is 26.6 Å². The predicted octanol–water partition coefficient (Wildman–Crippen LogP) is 4.10. The van der Waals surface area contributed by atoms with Crippen LogP contribution in [0.15, 0.2) is 47.5 Å². The van der Waals surface area contributed by atoms with Crippen LogP contribution in [0, 0.1) is 5.82 Å². The highest BCUT2D eigenvalue weighted by atomic mass is 127. The maximum absolute atomic E-state index is 14.0. The molecule has 0 saturated carbocycles. The summed E-state index contributed by atoms with van der Waals surface area (Å²) in [6.07, 6.45) is 1.02. The van der Waals surface area contributed by atoms with Gasteiger partial charge < -0.3 is 20.4 Å². The first kappa shape index (κ1) is 24.7. The van der Waals surface area contributed by atoms with E-state index >= 15 is 0 Å². The number of hydrogen-bond donors (Lipinski definition) is 2. The molecule has 2 N–H and O–H groups in total. The molecule has 0 radical (unpaired) electrons. The van der Waals surface area contributed by atoms with E-state index in [1.54, 1.807) is 7.05 Å². The zero-order valence-electron chi connectivity index (χ0n) is 17.7. The van der Waals surface area contributed by atoms with Crippen LogP contribution < -0.4 is 15.5 Å². The smallest absolute Gasteiger partial charge is 0.191 e. The van der Waals surface area contributed by atoms with Crippen molar-refractivity contribution in [1.82, 2.24) is 15.5 Å². The summed E-state index contributed by atoms with van der Waals surface area (Å²) >= 11 is 6.12. The van der Waals surface area contributed by atoms with Gasteiger partial charge in [0, 0.05) is 55.5 Å². The molecule has 0 aliphatic carbocycles. The minimum absolute atomic E-state index is 0. The third-order valence-electron chi connectivity index (χ3n) is 4.98. The van der Waals surface area contributed by atoms with Gasteiger partial charge in [0.2, 0.25) is 0 Å². The van der Waals surface area contributed by atoms with Crippen LogP contribution in [-0.4, -0.2) is 51.1 Å². The summed E-state index contributed by atoms with van der Waals surface area (Å²) in [5, 5.41) is 7.58. The second kappa shape index (κ2) is 11.7. The Morgan fingerprint density at radius 2 is 2.07 bits per heavy atom. The maximum Gasteiger partial charge on any atom is 0.191 e. The van der Waals surface area contributed by atoms with Gasteiger partial charge in [0.05, 0.1) is 0 Å². The Bertz CT molecular complexity index is 861. The molecule has 8 heteroatoms. The first-order valence-corrected chi connectivity index (χ1v) is 10.2. The summed E-state index contributed by atoms with van der Waals surface area (Å²) < 4.78 is 14.0. The lowest BCUT2D eigenvalue weighted by molar-refractivity contribution is 0.392. The number of rotatable bonds is 6. The van der Waals surface area contributed by atoms with Gasteiger partial charge in [-0.3, -0.25) is 4.99 Å². The van der Waals surface area contributed by atoms with Crippen LogP contribution in [0.5, 0.6) is 0 Å². The largest absolute Gasteiger partial charge is 0.369 e. The Labute approximate surface area is 200 Å². The summed E-state index contributed by atoms with van der Waals surface area (Å²) in [5.41, 5.74) is 2.87. The Kier molecular flexibility index (Phi) is 9.64. The van der Waals surface area contributed by atoms with E-state index in [0.29, 0.717) is 24.7 Å². The lowest BCUT2D eigenvalue weighted by Crippen LogP contribution is -2.44. The Morgan fingerprint density at radius 1 is 1.27 bits per heavy atom. The van der Waals surface area contributed by atoms with Crippen LogP contribution in [0.2, 0.25) is 5.02 Å². The molecular weight excluding hydrogens is 516 g/mol. The number of anilines is 1. The number of halogens is 3. The number of benzene rings is 2. The standard InChI is InChI=1S/C22H29ClFN5.HI/c1-25-22(26-13-16-7-8-21(24)17(11-16)14-28(2)3)27-19-9-10-29(15-19)20-6-4-5-18(23)12-20;/h4-8,11-12,19H,9-10,13-15H2,1-3H3,(H2,25,26,27);1H. The van der Waals surface area contributed by atoms with Gasteiger partial charge in [-0.15, -0.1) is 24.0 Å². The zero-order chi connectivity index (χ0) is 20.8. The number of hydrogen-bond acceptors (Lipinski definition) is 3. The minimum Gasteiger partial charge on any atom is -0.369 e. The Morgan fingerprint density at radius 3 is 2.77 bits per heavy atom. The van der Waals surface area contributed by atoms with Gasteiger partial charge >= 0.3 is 0 Å². The van der Waals surface area contributed by atoms with Gasteiger partial charge in [-0.05, 0) is 56.4 Å². The first-order valence-electron chi connectivity index (χ1n) is 9.84. The predicted molar refractivity (Wildman–Crippen MR) is 135 cm³/mol. The van der Waals surface area contributed by atoms with Crippen molar-refractivity contribution >= 4 is 47.2 Å². The number of nitrogens with one attached hydrogen (secondary N) is 2. The van der Waals surface area contributed by atoms with Crippen LogP contribution in [0.3, 0.4) is 0 Å². The molecule has 0 amide bonds. The SMILES string of the molecule is CN=C(NCc1ccc(F)c(CN(C)C)c1)NC1CCN(c2cccc(Cl)c2)C1.I. The van der Waals surface area contributed by atoms with E-state index in [4.69, 9.17) is 11.6 Å². The zero-order valence-corrected chi connectivity index (χ0v) is 20.7. The van der Waals surface area contributed by atoms with E-state index in [9.17, 15) is 4.39 Å². The molecule has 1 unspecified atom stereocenters. The maximum atomic E-state index is 14.0. The summed E-state index contributed by atoms with van der Waals surface area (Å²) in [4.78, 5) is 8.62. The van der Waals surface area contributed by atoms with Gasteiger partial charge in [-0.25, -0.2) is 4.39 Å². The monoisotopic (exact) mass is 545 g/mol. The molecule has 2 aromatic rings. The molecule has 1 fully saturated rings. The third kappa shape index (κ3) is 6.99. The van der Waals surface area contributed by atoms with Crippen LogP contribution in [0.1, 0.15) is 17.5 Å². The molecule has 2 aromatic carbocycles. The lowest BCUT2D eigenvalue weighted by atomic mass is 10.1. The number of guanidine groups is 1. The van der Waals surface area contributed by atoms with Crippen molar-refractivity contribution in [1.29, 1.82) is 0 Å². The fourth-order valence-corrected chi connectivity index (χ4v) is 3.74. The molecule has 30 heavy (non-hydrogen) atoms. The van der Waals surface area contributed by atoms with E-state index < -0.39 is 0 Å². The van der Waals surface area contributed by atoms with Crippen LogP contribution in [0.25, 0.3) is 0 Å². The molecule has 3 rings (SSSR count). The highest BCUT2D eigenvalue weighted by Gasteiger charge is 2.23. The first-order chi connectivity index (χ1) is 13.9. The van der Waals surface area contributed by atoms with Crippen LogP contribution >= 0.6 is 35.6 Å². The fourth-order valence-electron chi connectivity index (χ4n) is 3.56. The molecule has 0 aromatic heterocycles. The molecule has 5 nitrogen and oxygen atoms in total. The van der Waals surface area contributed by atoms with Crippen molar-refractivity contribution in [2.24, 2.45) is 4.99 Å². The molecule has 0 spiro atoms. The molecule has 164 valence electrons. The fraction of sp³-hybridized carbons (Fsp3) is 0.409. The highest BCUT2D eigenvalue weighted by molar-refractivity contribution is 14.0. The number of aliphatic imine (C=N–C) groups is 1. The topological polar surface area (TPSA) is 42.9 Å². The van der Waals surface area contributed by atoms with Gasteiger partial charge in [0.15, 0.2) is 5.96 Å². The van der Waals surface area contributed by atoms with Crippen molar-refractivity contribution in [3.63, 3.8) is 0 Å². The van der Waals surface area contributed by atoms with Crippen molar-refractivity contribution in [2.75, 3.05) is 39.1 Å². The van der Waals surface area contributed by atoms with Crippen molar-refractivity contribution in [2.45, 2.75) is 25.6 Å². The van der Waals surface area contributed by atoms with Crippen molar-refractivity contribution < 1.29 is 4.39 Å². The van der Waals surface area contributed by atoms with E-state index in [1.165, 1.54) is 6.07 Å². The van der Waals surface area contributed by atoms with E-state index in [0.717, 1.165) is 41.7 Å². The molecule has 1 atom stereocenters. The summed E-state index contributed by atoms with van der Waals surface area (Å²) in [6, 6.07) is 13.5. The summed E-state index contributed by atoms with van der Waals surface area (Å²) in [7, 11) is 5.63. The van der Waals surface area contributed by atoms with Gasteiger partial charge in [-0.2, -0.15) is 0 Å². The Hall–Kier alpha value is -1.58. The second-order valence-electron chi connectivity index (χ2n) is 7.65. The average molecular weight is 546 g/mol. The van der Waals surface area contributed by atoms with Crippen LogP contribution in [0.4, 0.5) is 10.1 Å². The van der Waals surface area contributed by atoms with E-state index in [1.807, 2.05) is 49.3 Å². The normalized spacial score (nSPS) is 16.5. The van der Waals surface area contributed by atoms with E-state index in [-0.39, 0.29) is 29.8 Å². The van der Waals surface area contributed by atoms with Crippen LogP contribution in [-0.2, 0) is 13.1 Å². The quantitative estimate of drug-likeness (QED) is 0.326. The minimum atomic E-state index is -0.169. The molecule has 1 saturated heterocycles. The van der Waals surface area contributed by atoms with Crippen molar-refractivity contribution in [3.05, 3.63) is 64.4 Å². The van der Waals surface area contributed by atoms with Gasteiger partial charge in [-0.1, -0.05) is 23.7 Å². The second-order valence-corrected chi connectivity index (χ2v) is 8.08. The molecule has 1 aliphatic rings. The summed E-state index contributed by atoms with van der Waals surface area (Å²) in [6.45, 7) is 3.03. The van der Waals surface area contributed by atoms with Crippen molar-refractivity contribution in [3.8, 4) is 0 Å². The average Bonchev–Trinajstić information content (AvgIpc) is 3.15. The highest BCUT2D eigenvalue weighted by Crippen LogP contribution is 2.23. The lowest BCUT2D eigenvalue weighted by Gasteiger charge is -2.20. The number of nitrogens with zero attached hydrogens (tertiary/aromatic N) is 3. The molecule has 1 heterocycles. The van der Waals surface area contributed by atoms with Gasteiger partial charge in [0.1, 0.15) is 5.82 Å². The molecule has 0 bridgehead atoms. The third-order valence-corrected chi connectivity index (χ3v) is 5.22.